The van der Waals surface area contributed by atoms with E-state index in [0.717, 1.165) is 16.9 Å². The molecule has 0 saturated carbocycles. The van der Waals surface area contributed by atoms with Gasteiger partial charge in [0, 0.05) is 25.2 Å². The van der Waals surface area contributed by atoms with Crippen molar-refractivity contribution in [2.45, 2.75) is 24.3 Å². The third-order valence-electron chi connectivity index (χ3n) is 6.06. The van der Waals surface area contributed by atoms with Crippen LogP contribution in [0.15, 0.2) is 70.5 Å². The number of H-pyrrole nitrogens is 1. The third kappa shape index (κ3) is 7.26. The predicted molar refractivity (Wildman–Crippen MR) is 154 cm³/mol. The lowest BCUT2D eigenvalue weighted by Crippen LogP contribution is -2.42. The van der Waals surface area contributed by atoms with E-state index < -0.39 is 34.0 Å². The number of carboxylic acids is 1. The molecule has 2 aromatic heterocycles. The van der Waals surface area contributed by atoms with Crippen LogP contribution in [-0.2, 0) is 21.2 Å². The van der Waals surface area contributed by atoms with E-state index in [1.54, 1.807) is 24.4 Å². The van der Waals surface area contributed by atoms with Gasteiger partial charge in [0.2, 0.25) is 10.0 Å². The Hall–Kier alpha value is -4.75. The molecule has 0 saturated heterocycles. The average Bonchev–Trinajstić information content (AvgIpc) is 2.95. The summed E-state index contributed by atoms with van der Waals surface area (Å²) in [5.41, 5.74) is 1.70. The summed E-state index contributed by atoms with van der Waals surface area (Å²) in [6, 6.07) is 11.2. The van der Waals surface area contributed by atoms with Gasteiger partial charge in [0.05, 0.1) is 30.0 Å². The molecular weight excluding hydrogens is 550 g/mol. The van der Waals surface area contributed by atoms with Gasteiger partial charge in [-0.15, -0.1) is 0 Å². The average molecular weight is 580 g/mol. The Balaban J connectivity index is 1.49. The van der Waals surface area contributed by atoms with Crippen LogP contribution in [0.2, 0.25) is 0 Å². The zero-order valence-electron chi connectivity index (χ0n) is 22.5. The normalized spacial score (nSPS) is 12.4. The first-order valence-electron chi connectivity index (χ1n) is 12.4. The van der Waals surface area contributed by atoms with Crippen molar-refractivity contribution in [3.63, 3.8) is 0 Å². The molecule has 0 spiro atoms. The first-order valence-corrected chi connectivity index (χ1v) is 13.9. The van der Waals surface area contributed by atoms with Crippen molar-refractivity contribution in [2.75, 3.05) is 26.1 Å². The van der Waals surface area contributed by atoms with Gasteiger partial charge in [-0.2, -0.15) is 4.72 Å². The highest BCUT2D eigenvalue weighted by atomic mass is 32.2. The molecule has 12 nitrogen and oxygen atoms in total. The monoisotopic (exact) mass is 579 g/mol. The quantitative estimate of drug-likeness (QED) is 0.195. The summed E-state index contributed by atoms with van der Waals surface area (Å²) in [6.07, 6.45) is 5.11. The third-order valence-corrected chi connectivity index (χ3v) is 7.53. The predicted octanol–water partition coefficient (Wildman–Crippen LogP) is 2.74. The fourth-order valence-electron chi connectivity index (χ4n) is 3.95. The zero-order chi connectivity index (χ0) is 29.6. The van der Waals surface area contributed by atoms with Crippen LogP contribution in [0.4, 0.5) is 5.82 Å². The lowest BCUT2D eigenvalue weighted by atomic mass is 10.1. The molecule has 1 atom stereocenters. The van der Waals surface area contributed by atoms with Gasteiger partial charge in [-0.1, -0.05) is 24.3 Å². The van der Waals surface area contributed by atoms with Gasteiger partial charge >= 0.3 is 5.97 Å². The molecule has 0 bridgehead atoms. The molecule has 4 N–H and O–H groups in total. The van der Waals surface area contributed by atoms with Crippen LogP contribution in [0, 0.1) is 6.92 Å². The van der Waals surface area contributed by atoms with Gasteiger partial charge < -0.3 is 24.9 Å². The smallest absolute Gasteiger partial charge is 0.322 e. The number of aryl methyl sites for hydroxylation is 1. The molecule has 214 valence electrons. The Morgan fingerprint density at radius 3 is 2.56 bits per heavy atom. The van der Waals surface area contributed by atoms with E-state index in [9.17, 15) is 23.1 Å². The molecule has 0 unspecified atom stereocenters. The van der Waals surface area contributed by atoms with Crippen LogP contribution in [-0.4, -0.2) is 61.3 Å². The molecule has 4 aromatic rings. The summed E-state index contributed by atoms with van der Waals surface area (Å²) >= 11 is 0. The standard InChI is InChI=1S/C28H29N5O7S/c1-17-6-11-25(30-16-17)29-12-4-5-18-7-9-21-20(13-18)27(34)32-26(31-21)15-22(28(35)36)33-41(37,38)19-8-10-23(39-2)24(14-19)40-3/h4-11,13-14,16,22,33H,12,15H2,1-3H3,(H,29,30)(H,35,36)(H,31,32,34)/t22-/m0/s1. The van der Waals surface area contributed by atoms with Crippen LogP contribution in [0.5, 0.6) is 11.5 Å². The van der Waals surface area contributed by atoms with Crippen molar-refractivity contribution in [3.8, 4) is 11.5 Å². The van der Waals surface area contributed by atoms with Crippen molar-refractivity contribution >= 4 is 38.8 Å². The number of fused-ring (bicyclic) bond motifs is 1. The number of nitrogens with zero attached hydrogens (tertiary/aromatic N) is 2. The highest BCUT2D eigenvalue weighted by Gasteiger charge is 2.27. The summed E-state index contributed by atoms with van der Waals surface area (Å²) in [7, 11) is -1.52. The summed E-state index contributed by atoms with van der Waals surface area (Å²) in [5.74, 6) is -0.196. The number of aliphatic carboxylic acids is 1. The number of rotatable bonds is 12. The summed E-state index contributed by atoms with van der Waals surface area (Å²) in [5, 5.41) is 13.2. The second-order valence-electron chi connectivity index (χ2n) is 9.03. The lowest BCUT2D eigenvalue weighted by molar-refractivity contribution is -0.139. The van der Waals surface area contributed by atoms with Gasteiger partial charge in [-0.3, -0.25) is 9.59 Å². The van der Waals surface area contributed by atoms with Crippen molar-refractivity contribution in [1.82, 2.24) is 19.7 Å². The van der Waals surface area contributed by atoms with E-state index in [1.807, 2.05) is 31.2 Å². The summed E-state index contributed by atoms with van der Waals surface area (Å²) < 4.78 is 38.3. The van der Waals surface area contributed by atoms with Gasteiger partial charge in [0.25, 0.3) is 5.56 Å². The van der Waals surface area contributed by atoms with E-state index >= 15 is 0 Å². The number of nitrogens with one attached hydrogen (secondary N) is 3. The number of pyridine rings is 1. The second kappa shape index (κ2) is 12.6. The van der Waals surface area contributed by atoms with Gasteiger partial charge in [0.15, 0.2) is 11.5 Å². The molecule has 2 aromatic carbocycles. The molecule has 0 radical (unpaired) electrons. The molecule has 0 aliphatic rings. The number of aromatic amines is 1. The maximum atomic E-state index is 12.9. The van der Waals surface area contributed by atoms with Gasteiger partial charge in [-0.25, -0.2) is 18.4 Å². The topological polar surface area (TPSA) is 173 Å². The number of methoxy groups -OCH3 is 2. The zero-order valence-corrected chi connectivity index (χ0v) is 23.4. The highest BCUT2D eigenvalue weighted by molar-refractivity contribution is 7.89. The molecule has 2 heterocycles. The number of ether oxygens (including phenoxy) is 2. The number of anilines is 1. The number of aromatic nitrogens is 3. The number of hydrogen-bond acceptors (Lipinski definition) is 9. The maximum Gasteiger partial charge on any atom is 0.322 e. The number of benzene rings is 2. The van der Waals surface area contributed by atoms with E-state index in [1.165, 1.54) is 32.4 Å². The number of carbonyl (C=O) groups is 1. The fraction of sp³-hybridized carbons (Fsp3) is 0.214. The molecule has 0 amide bonds. The SMILES string of the molecule is COc1ccc(S(=O)(=O)N[C@@H](Cc2nc3ccc(C=CCNc4ccc(C)cn4)cc3c(=O)[nH]2)C(=O)O)cc1OC. The largest absolute Gasteiger partial charge is 0.493 e. The van der Waals surface area contributed by atoms with Gasteiger partial charge in [-0.05, 0) is 48.4 Å². The fourth-order valence-corrected chi connectivity index (χ4v) is 5.15. The van der Waals surface area contributed by atoms with Gasteiger partial charge in [0.1, 0.15) is 17.7 Å². The summed E-state index contributed by atoms with van der Waals surface area (Å²) in [6.45, 7) is 2.49. The minimum Gasteiger partial charge on any atom is -0.493 e. The van der Waals surface area contributed by atoms with Crippen molar-refractivity contribution in [3.05, 3.63) is 88.1 Å². The Morgan fingerprint density at radius 1 is 1.10 bits per heavy atom. The van der Waals surface area contributed by atoms with Crippen molar-refractivity contribution in [1.29, 1.82) is 0 Å². The first-order chi connectivity index (χ1) is 19.6. The molecule has 4 rings (SSSR count). The Labute approximate surface area is 236 Å². The number of hydrogen-bond donors (Lipinski definition) is 4. The van der Waals surface area contributed by atoms with Crippen molar-refractivity contribution < 1.29 is 27.8 Å². The number of sulfonamides is 1. The minimum atomic E-state index is -4.27. The highest BCUT2D eigenvalue weighted by Crippen LogP contribution is 2.29. The lowest BCUT2D eigenvalue weighted by Gasteiger charge is -2.16. The van der Waals surface area contributed by atoms with Crippen LogP contribution >= 0.6 is 0 Å². The Bertz CT molecular complexity index is 1750. The summed E-state index contributed by atoms with van der Waals surface area (Å²) in [4.78, 5) is 35.8. The molecule has 0 aliphatic heterocycles. The van der Waals surface area contributed by atoms with Crippen LogP contribution < -0.4 is 25.1 Å². The maximum absolute atomic E-state index is 12.9. The molecular formula is C28H29N5O7S. The van der Waals surface area contributed by atoms with Crippen molar-refractivity contribution in [2.24, 2.45) is 0 Å². The first kappa shape index (κ1) is 29.2. The van der Waals surface area contributed by atoms with E-state index in [4.69, 9.17) is 9.47 Å². The van der Waals surface area contributed by atoms with Crippen LogP contribution in [0.1, 0.15) is 17.0 Å². The Morgan fingerprint density at radius 2 is 1.88 bits per heavy atom. The molecule has 0 fully saturated rings. The van der Waals surface area contributed by atoms with Crippen LogP contribution in [0.25, 0.3) is 17.0 Å². The van der Waals surface area contributed by atoms with E-state index in [2.05, 4.69) is 25.0 Å². The molecule has 13 heteroatoms. The molecule has 41 heavy (non-hydrogen) atoms. The second-order valence-corrected chi connectivity index (χ2v) is 10.7. The van der Waals surface area contributed by atoms with E-state index in [0.29, 0.717) is 23.2 Å². The molecule has 0 aliphatic carbocycles. The Kier molecular flexibility index (Phi) is 9.00. The van der Waals surface area contributed by atoms with Crippen LogP contribution in [0.3, 0.4) is 0 Å². The van der Waals surface area contributed by atoms with E-state index in [-0.39, 0.29) is 16.5 Å². The number of carboxylic acid groups (broad SMARTS) is 1. The minimum absolute atomic E-state index is 0.0167.